The van der Waals surface area contributed by atoms with Gasteiger partial charge in [0.2, 0.25) is 18.1 Å². The van der Waals surface area contributed by atoms with Crippen molar-refractivity contribution in [3.8, 4) is 18.1 Å². The molecule has 260 valence electrons. The number of esters is 1. The summed E-state index contributed by atoms with van der Waals surface area (Å²) in [5.41, 5.74) is 0.508. The molecule has 1 aromatic rings. The lowest BCUT2D eigenvalue weighted by Crippen LogP contribution is -2.55. The molecule has 1 fully saturated rings. The Bertz CT molecular complexity index is 1440. The van der Waals surface area contributed by atoms with Crippen molar-refractivity contribution in [2.75, 3.05) is 50.7 Å². The van der Waals surface area contributed by atoms with E-state index in [4.69, 9.17) is 30.1 Å². The summed E-state index contributed by atoms with van der Waals surface area (Å²) in [7, 11) is -1.85. The summed E-state index contributed by atoms with van der Waals surface area (Å²) in [6.07, 6.45) is 2.33. The fourth-order valence-corrected chi connectivity index (χ4v) is 5.06. The summed E-state index contributed by atoms with van der Waals surface area (Å²) in [5.74, 6) is -0.335. The van der Waals surface area contributed by atoms with Gasteiger partial charge in [-0.05, 0) is 30.5 Å². The minimum Gasteiger partial charge on any atom is -0.459 e. The van der Waals surface area contributed by atoms with Gasteiger partial charge in [0, 0.05) is 32.7 Å². The normalized spacial score (nSPS) is 20.7. The molecule has 1 saturated heterocycles. The molecule has 3 amide bonds. The van der Waals surface area contributed by atoms with Crippen LogP contribution in [0.2, 0.25) is 0 Å². The van der Waals surface area contributed by atoms with Crippen LogP contribution < -0.4 is 15.4 Å². The molecule has 16 heteroatoms. The molecule has 2 rings (SSSR count). The Balaban J connectivity index is 2.30. The molecule has 1 aromatic carbocycles. The van der Waals surface area contributed by atoms with Crippen LogP contribution in [0, 0.1) is 24.2 Å². The van der Waals surface area contributed by atoms with Crippen molar-refractivity contribution in [2.45, 2.75) is 59.2 Å². The van der Waals surface area contributed by atoms with Crippen molar-refractivity contribution in [1.82, 2.24) is 10.2 Å². The number of rotatable bonds is 16. The predicted molar refractivity (Wildman–Crippen MR) is 169 cm³/mol. The maximum Gasteiger partial charge on any atom is 0.407 e. The molecule has 0 aliphatic carbocycles. The number of carbonyl (C=O) groups is 5. The van der Waals surface area contributed by atoms with E-state index in [0.29, 0.717) is 5.56 Å². The molecule has 15 nitrogen and oxygen atoms in total. The number of hydrogen-bond acceptors (Lipinski definition) is 12. The lowest BCUT2D eigenvalue weighted by Gasteiger charge is -2.42. The highest BCUT2D eigenvalue weighted by atomic mass is 32.2. The van der Waals surface area contributed by atoms with Gasteiger partial charge in [0.05, 0.1) is 31.0 Å². The number of alkyl carbamates (subject to hydrolysis) is 1. The van der Waals surface area contributed by atoms with Crippen LogP contribution in [0.3, 0.4) is 0 Å². The molecule has 0 radical (unpaired) electrons. The Morgan fingerprint density at radius 2 is 1.81 bits per heavy atom. The standard InChI is InChI=1S/C31H43N3O12S/c1-8-13-42-14-11-27(38)34(6)17-26(37)33-24-16-23(18-43-31(39)32-12-15-47(7,40)41)9-10-25(24)45-30-29(44-22(5)36)20(3)19(2)28(46-30)21(4)35/h1,9-10,16,19-20,28-30H,11-15,17-18H2,2-7H3,(H,32,39)(H,33,37)/t19-,20-,28?,29?,30+/m0/s1. The van der Waals surface area contributed by atoms with Crippen LogP contribution in [-0.2, 0) is 54.6 Å². The number of Topliss-reactive ketones (excluding diaryl/α,β-unsaturated/α-hetero) is 1. The van der Waals surface area contributed by atoms with Gasteiger partial charge in [0.1, 0.15) is 34.9 Å². The third-order valence-corrected chi connectivity index (χ3v) is 8.15. The first-order valence-corrected chi connectivity index (χ1v) is 16.8. The summed E-state index contributed by atoms with van der Waals surface area (Å²) in [6.45, 7) is 5.63. The van der Waals surface area contributed by atoms with E-state index in [0.717, 1.165) is 6.26 Å². The zero-order valence-corrected chi connectivity index (χ0v) is 28.2. The van der Waals surface area contributed by atoms with Gasteiger partial charge in [-0.25, -0.2) is 13.2 Å². The summed E-state index contributed by atoms with van der Waals surface area (Å²) >= 11 is 0. The lowest BCUT2D eigenvalue weighted by molar-refractivity contribution is -0.241. The topological polar surface area (TPSA) is 193 Å². The third-order valence-electron chi connectivity index (χ3n) is 7.20. The molecule has 0 saturated carbocycles. The number of carbonyl (C=O) groups excluding carboxylic acids is 5. The minimum atomic E-state index is -3.29. The number of nitrogens with zero attached hydrogens (tertiary/aromatic N) is 1. The molecule has 0 aromatic heterocycles. The number of anilines is 1. The van der Waals surface area contributed by atoms with Crippen LogP contribution in [0.1, 0.15) is 39.7 Å². The summed E-state index contributed by atoms with van der Waals surface area (Å²) < 4.78 is 50.5. The first kappa shape index (κ1) is 39.0. The van der Waals surface area contributed by atoms with Crippen LogP contribution in [0.25, 0.3) is 0 Å². The number of sulfone groups is 1. The molecule has 1 aliphatic rings. The fraction of sp³-hybridized carbons (Fsp3) is 0.581. The van der Waals surface area contributed by atoms with Crippen LogP contribution >= 0.6 is 0 Å². The van der Waals surface area contributed by atoms with E-state index in [-0.39, 0.29) is 80.0 Å². The summed E-state index contributed by atoms with van der Waals surface area (Å²) in [5, 5.41) is 5.02. The number of likely N-dealkylation sites (N-methyl/N-ethyl adjacent to an activating group) is 1. The van der Waals surface area contributed by atoms with Crippen LogP contribution in [0.4, 0.5) is 10.5 Å². The summed E-state index contributed by atoms with van der Waals surface area (Å²) in [4.78, 5) is 63.1. The van der Waals surface area contributed by atoms with Gasteiger partial charge in [-0.1, -0.05) is 25.8 Å². The van der Waals surface area contributed by atoms with E-state index in [9.17, 15) is 32.4 Å². The minimum absolute atomic E-state index is 0.00335. The molecule has 2 N–H and O–H groups in total. The van der Waals surface area contributed by atoms with Crippen molar-refractivity contribution in [2.24, 2.45) is 11.8 Å². The quantitative estimate of drug-likeness (QED) is 0.145. The Morgan fingerprint density at radius 3 is 2.43 bits per heavy atom. The summed E-state index contributed by atoms with van der Waals surface area (Å²) in [6, 6.07) is 4.47. The zero-order chi connectivity index (χ0) is 35.3. The van der Waals surface area contributed by atoms with E-state index < -0.39 is 46.3 Å². The van der Waals surface area contributed by atoms with Gasteiger partial charge in [0.15, 0.2) is 11.9 Å². The predicted octanol–water partition coefficient (Wildman–Crippen LogP) is 1.29. The lowest BCUT2D eigenvalue weighted by atomic mass is 9.82. The molecule has 0 spiro atoms. The average molecular weight is 682 g/mol. The number of ether oxygens (including phenoxy) is 5. The van der Waals surface area contributed by atoms with Gasteiger partial charge in [0.25, 0.3) is 0 Å². The van der Waals surface area contributed by atoms with E-state index in [2.05, 4.69) is 16.6 Å². The zero-order valence-electron chi connectivity index (χ0n) is 27.4. The van der Waals surface area contributed by atoms with Crippen molar-refractivity contribution in [3.05, 3.63) is 23.8 Å². The van der Waals surface area contributed by atoms with Crippen molar-refractivity contribution in [1.29, 1.82) is 0 Å². The Labute approximate surface area is 274 Å². The van der Waals surface area contributed by atoms with Crippen molar-refractivity contribution in [3.63, 3.8) is 0 Å². The van der Waals surface area contributed by atoms with Crippen LogP contribution in [0.5, 0.6) is 5.75 Å². The second kappa shape index (κ2) is 18.2. The Kier molecular flexibility index (Phi) is 15.1. The van der Waals surface area contributed by atoms with Gasteiger partial charge in [-0.15, -0.1) is 6.42 Å². The Morgan fingerprint density at radius 1 is 1.11 bits per heavy atom. The van der Waals surface area contributed by atoms with E-state index in [1.807, 2.05) is 6.92 Å². The first-order valence-electron chi connectivity index (χ1n) is 14.8. The largest absolute Gasteiger partial charge is 0.459 e. The van der Waals surface area contributed by atoms with Gasteiger partial charge in [-0.2, -0.15) is 0 Å². The highest BCUT2D eigenvalue weighted by molar-refractivity contribution is 7.90. The van der Waals surface area contributed by atoms with E-state index >= 15 is 0 Å². The highest BCUT2D eigenvalue weighted by Gasteiger charge is 2.46. The third kappa shape index (κ3) is 13.2. The second-order valence-electron chi connectivity index (χ2n) is 11.2. The monoisotopic (exact) mass is 681 g/mol. The van der Waals surface area contributed by atoms with Gasteiger partial charge < -0.3 is 39.2 Å². The number of terminal acetylenes is 1. The second-order valence-corrected chi connectivity index (χ2v) is 13.5. The maximum atomic E-state index is 13.1. The number of ketones is 1. The van der Waals surface area contributed by atoms with E-state index in [1.54, 1.807) is 13.0 Å². The molecule has 47 heavy (non-hydrogen) atoms. The van der Waals surface area contributed by atoms with Crippen molar-refractivity contribution >= 4 is 45.2 Å². The number of amides is 3. The molecule has 1 heterocycles. The number of nitrogens with one attached hydrogen (secondary N) is 2. The SMILES string of the molecule is C#CCOCCC(=O)N(C)CC(=O)Nc1cc(COC(=O)NCCS(C)(=O)=O)ccc1O[C@@H]1OC(C(C)=O)[C@@H](C)[C@H](C)C1OC(C)=O. The molecule has 0 bridgehead atoms. The van der Waals surface area contributed by atoms with Gasteiger partial charge >= 0.3 is 12.1 Å². The maximum absolute atomic E-state index is 13.1. The number of hydrogen-bond donors (Lipinski definition) is 2. The molecule has 2 unspecified atom stereocenters. The molecule has 1 aliphatic heterocycles. The Hall–Kier alpha value is -4.20. The van der Waals surface area contributed by atoms with E-state index in [1.165, 1.54) is 37.9 Å². The average Bonchev–Trinajstić information content (AvgIpc) is 2.97. The highest BCUT2D eigenvalue weighted by Crippen LogP contribution is 2.36. The first-order chi connectivity index (χ1) is 22.0. The smallest absolute Gasteiger partial charge is 0.407 e. The van der Waals surface area contributed by atoms with Crippen LogP contribution in [-0.4, -0.2) is 107 Å². The molecule has 5 atom stereocenters. The molecular weight excluding hydrogens is 638 g/mol. The fourth-order valence-electron chi connectivity index (χ4n) is 4.59. The van der Waals surface area contributed by atoms with Crippen molar-refractivity contribution < 1.29 is 56.1 Å². The van der Waals surface area contributed by atoms with Gasteiger partial charge in [-0.3, -0.25) is 19.2 Å². The van der Waals surface area contributed by atoms with Crippen LogP contribution in [0.15, 0.2) is 18.2 Å². The molecular formula is C31H43N3O12S. The number of benzene rings is 1.